The Morgan fingerprint density at radius 2 is 1.85 bits per heavy atom. The van der Waals surface area contributed by atoms with Crippen LogP contribution in [-0.4, -0.2) is 18.6 Å². The van der Waals surface area contributed by atoms with E-state index in [0.717, 1.165) is 23.7 Å². The summed E-state index contributed by atoms with van der Waals surface area (Å²) < 4.78 is 1.10. The molecule has 2 amide bonds. The van der Waals surface area contributed by atoms with Gasteiger partial charge in [-0.2, -0.15) is 0 Å². The van der Waals surface area contributed by atoms with E-state index in [9.17, 15) is 4.79 Å². The average Bonchev–Trinajstić information content (AvgIpc) is 2.69. The Morgan fingerprint density at radius 1 is 1.15 bits per heavy atom. The fourth-order valence-electron chi connectivity index (χ4n) is 2.67. The molecule has 0 atom stereocenters. The van der Waals surface area contributed by atoms with Crippen molar-refractivity contribution in [1.29, 1.82) is 0 Å². The van der Waals surface area contributed by atoms with Gasteiger partial charge in [-0.1, -0.05) is 59.8 Å². The zero-order valence-corrected chi connectivity index (χ0v) is 13.4. The number of carbonyl (C=O) groups excluding carboxylic acids is 1. The summed E-state index contributed by atoms with van der Waals surface area (Å²) in [7, 11) is 0. The lowest BCUT2D eigenvalue weighted by Gasteiger charge is -2.16. The number of benzene rings is 1. The van der Waals surface area contributed by atoms with Crippen LogP contribution in [0.25, 0.3) is 0 Å². The molecule has 0 bridgehead atoms. The van der Waals surface area contributed by atoms with Gasteiger partial charge in [0.15, 0.2) is 0 Å². The van der Waals surface area contributed by atoms with E-state index in [1.165, 1.54) is 31.2 Å². The first-order valence-electron chi connectivity index (χ1n) is 7.53. The second-order valence-electron chi connectivity index (χ2n) is 5.43. The smallest absolute Gasteiger partial charge is 0.315 e. The summed E-state index contributed by atoms with van der Waals surface area (Å²) in [6.07, 6.45) is 8.18. The third kappa shape index (κ3) is 5.16. The van der Waals surface area contributed by atoms with Crippen LogP contribution >= 0.6 is 15.9 Å². The van der Waals surface area contributed by atoms with Crippen LogP contribution in [0.4, 0.5) is 4.79 Å². The number of amides is 2. The second kappa shape index (κ2) is 8.30. The van der Waals surface area contributed by atoms with Crippen molar-refractivity contribution in [3.05, 3.63) is 34.3 Å². The van der Waals surface area contributed by atoms with Crippen molar-refractivity contribution in [1.82, 2.24) is 10.6 Å². The van der Waals surface area contributed by atoms with E-state index in [2.05, 4.69) is 32.6 Å². The summed E-state index contributed by atoms with van der Waals surface area (Å²) in [5.41, 5.74) is 1.22. The third-order valence-corrected chi connectivity index (χ3v) is 4.60. The van der Waals surface area contributed by atoms with Gasteiger partial charge in [0.05, 0.1) is 0 Å². The van der Waals surface area contributed by atoms with Crippen LogP contribution in [0.2, 0.25) is 0 Å². The number of nitrogens with one attached hydrogen (secondary N) is 2. The zero-order valence-electron chi connectivity index (χ0n) is 11.8. The van der Waals surface area contributed by atoms with Crippen LogP contribution in [-0.2, 0) is 6.42 Å². The van der Waals surface area contributed by atoms with Gasteiger partial charge in [-0.3, -0.25) is 0 Å². The second-order valence-corrected chi connectivity index (χ2v) is 6.28. The molecule has 2 N–H and O–H groups in total. The molecule has 0 aromatic heterocycles. The lowest BCUT2D eigenvalue weighted by Crippen LogP contribution is -2.42. The molecule has 0 aliphatic heterocycles. The van der Waals surface area contributed by atoms with E-state index >= 15 is 0 Å². The van der Waals surface area contributed by atoms with Crippen molar-refractivity contribution in [2.75, 3.05) is 6.54 Å². The molecule has 3 nitrogen and oxygen atoms in total. The van der Waals surface area contributed by atoms with E-state index in [4.69, 9.17) is 0 Å². The predicted octanol–water partition coefficient (Wildman–Crippen LogP) is 4.01. The zero-order chi connectivity index (χ0) is 14.2. The fourth-order valence-corrected chi connectivity index (χ4v) is 3.16. The Bertz CT molecular complexity index is 428. The highest BCUT2D eigenvalue weighted by molar-refractivity contribution is 9.10. The predicted molar refractivity (Wildman–Crippen MR) is 85.9 cm³/mol. The van der Waals surface area contributed by atoms with Crippen molar-refractivity contribution >= 4 is 22.0 Å². The molecular formula is C16H23BrN2O. The standard InChI is InChI=1S/C16H23BrN2O/c17-15-10-6-5-7-13(15)11-12-18-16(20)19-14-8-3-1-2-4-9-14/h5-7,10,14H,1-4,8-9,11-12H2,(H2,18,19,20). The molecule has 1 aromatic rings. The van der Waals surface area contributed by atoms with Crippen molar-refractivity contribution < 1.29 is 4.79 Å². The van der Waals surface area contributed by atoms with E-state index in [1.807, 2.05) is 18.2 Å². The highest BCUT2D eigenvalue weighted by Gasteiger charge is 2.14. The Labute approximate surface area is 129 Å². The SMILES string of the molecule is O=C(NCCc1ccccc1Br)NC1CCCCCC1. The fraction of sp³-hybridized carbons (Fsp3) is 0.562. The normalized spacial score (nSPS) is 16.4. The lowest BCUT2D eigenvalue weighted by molar-refractivity contribution is 0.235. The quantitative estimate of drug-likeness (QED) is 0.800. The first-order valence-corrected chi connectivity index (χ1v) is 8.33. The first kappa shape index (κ1) is 15.4. The van der Waals surface area contributed by atoms with Crippen LogP contribution in [0.15, 0.2) is 28.7 Å². The average molecular weight is 339 g/mol. The van der Waals surface area contributed by atoms with E-state index in [-0.39, 0.29) is 6.03 Å². The Balaban J connectivity index is 1.68. The van der Waals surface area contributed by atoms with Gasteiger partial charge in [0.25, 0.3) is 0 Å². The maximum absolute atomic E-state index is 11.9. The third-order valence-electron chi connectivity index (χ3n) is 3.83. The summed E-state index contributed by atoms with van der Waals surface area (Å²) in [6, 6.07) is 8.46. The summed E-state index contributed by atoms with van der Waals surface area (Å²) in [5.74, 6) is 0. The molecule has 0 heterocycles. The summed E-state index contributed by atoms with van der Waals surface area (Å²) in [4.78, 5) is 11.9. The van der Waals surface area contributed by atoms with Gasteiger partial charge < -0.3 is 10.6 Å². The minimum atomic E-state index is -0.0241. The maximum Gasteiger partial charge on any atom is 0.315 e. The van der Waals surface area contributed by atoms with Crippen LogP contribution < -0.4 is 10.6 Å². The molecule has 1 aromatic carbocycles. The number of carbonyl (C=O) groups is 1. The molecule has 0 saturated heterocycles. The van der Waals surface area contributed by atoms with Gasteiger partial charge in [0.2, 0.25) is 0 Å². The number of urea groups is 1. The first-order chi connectivity index (χ1) is 9.75. The van der Waals surface area contributed by atoms with Crippen LogP contribution in [0.5, 0.6) is 0 Å². The lowest BCUT2D eigenvalue weighted by atomic mass is 10.1. The number of rotatable bonds is 4. The molecule has 20 heavy (non-hydrogen) atoms. The summed E-state index contributed by atoms with van der Waals surface area (Å²) in [6.45, 7) is 0.668. The molecule has 1 fully saturated rings. The highest BCUT2D eigenvalue weighted by Crippen LogP contribution is 2.17. The number of hydrogen-bond acceptors (Lipinski definition) is 1. The van der Waals surface area contributed by atoms with Crippen LogP contribution in [0.1, 0.15) is 44.1 Å². The van der Waals surface area contributed by atoms with E-state index < -0.39 is 0 Å². The Hall–Kier alpha value is -1.03. The van der Waals surface area contributed by atoms with Gasteiger partial charge in [0, 0.05) is 17.1 Å². The van der Waals surface area contributed by atoms with Crippen molar-refractivity contribution in [2.24, 2.45) is 0 Å². The van der Waals surface area contributed by atoms with Gasteiger partial charge in [-0.05, 0) is 30.9 Å². The molecule has 1 saturated carbocycles. The van der Waals surface area contributed by atoms with Crippen molar-refractivity contribution in [3.63, 3.8) is 0 Å². The number of halogens is 1. The number of hydrogen-bond donors (Lipinski definition) is 2. The van der Waals surface area contributed by atoms with E-state index in [0.29, 0.717) is 12.6 Å². The van der Waals surface area contributed by atoms with Crippen LogP contribution in [0.3, 0.4) is 0 Å². The minimum absolute atomic E-state index is 0.0241. The molecule has 0 unspecified atom stereocenters. The van der Waals surface area contributed by atoms with Gasteiger partial charge >= 0.3 is 6.03 Å². The summed E-state index contributed by atoms with van der Waals surface area (Å²) >= 11 is 3.52. The molecule has 0 spiro atoms. The molecule has 4 heteroatoms. The monoisotopic (exact) mass is 338 g/mol. The molecule has 1 aliphatic carbocycles. The maximum atomic E-state index is 11.9. The van der Waals surface area contributed by atoms with Gasteiger partial charge in [-0.15, -0.1) is 0 Å². The Morgan fingerprint density at radius 3 is 2.55 bits per heavy atom. The minimum Gasteiger partial charge on any atom is -0.338 e. The molecular weight excluding hydrogens is 316 g/mol. The Kier molecular flexibility index (Phi) is 6.37. The molecule has 0 radical (unpaired) electrons. The van der Waals surface area contributed by atoms with Gasteiger partial charge in [0.1, 0.15) is 0 Å². The topological polar surface area (TPSA) is 41.1 Å². The largest absolute Gasteiger partial charge is 0.338 e. The van der Waals surface area contributed by atoms with Crippen LogP contribution in [0, 0.1) is 0 Å². The molecule has 2 rings (SSSR count). The molecule has 110 valence electrons. The van der Waals surface area contributed by atoms with Crippen molar-refractivity contribution in [2.45, 2.75) is 51.0 Å². The molecule has 1 aliphatic rings. The van der Waals surface area contributed by atoms with Gasteiger partial charge in [-0.25, -0.2) is 4.79 Å². The van der Waals surface area contributed by atoms with E-state index in [1.54, 1.807) is 0 Å². The summed E-state index contributed by atoms with van der Waals surface area (Å²) in [5, 5.41) is 6.05. The highest BCUT2D eigenvalue weighted by atomic mass is 79.9. The van der Waals surface area contributed by atoms with Crippen molar-refractivity contribution in [3.8, 4) is 0 Å².